The van der Waals surface area contributed by atoms with Crippen molar-refractivity contribution in [2.45, 2.75) is 27.7 Å². The van der Waals surface area contributed by atoms with Gasteiger partial charge in [-0.05, 0) is 136 Å². The Morgan fingerprint density at radius 2 is 0.887 bits per heavy atom. The first-order valence-corrected chi connectivity index (χ1v) is 27.5. The zero-order chi connectivity index (χ0) is 53.6. The summed E-state index contributed by atoms with van der Waals surface area (Å²) in [6, 6.07) is 90.1. The van der Waals surface area contributed by atoms with Crippen molar-refractivity contribution in [2.75, 3.05) is 19.2 Å². The van der Waals surface area contributed by atoms with Gasteiger partial charge in [-0.25, -0.2) is 4.98 Å². The highest BCUT2D eigenvalue weighted by atomic mass is 15.3. The average molecular weight is 1030 g/mol. The molecule has 8 nitrogen and oxygen atoms in total. The highest BCUT2D eigenvalue weighted by molar-refractivity contribution is 6.86. The lowest BCUT2D eigenvalue weighted by Gasteiger charge is -2.33. The molecule has 380 valence electrons. The first-order valence-electron chi connectivity index (χ1n) is 27.5. The Balaban J connectivity index is 0.952. The van der Waals surface area contributed by atoms with Gasteiger partial charge in [-0.1, -0.05) is 174 Å². The van der Waals surface area contributed by atoms with Crippen LogP contribution in [0.3, 0.4) is 0 Å². The summed E-state index contributed by atoms with van der Waals surface area (Å²) in [4.78, 5) is 15.3. The quantitative estimate of drug-likeness (QED) is 0.0818. The number of hydrogen-bond donors (Lipinski definition) is 0. The second-order valence-electron chi connectivity index (χ2n) is 21.2. The van der Waals surface area contributed by atoms with E-state index in [4.69, 9.17) is 4.98 Å². The normalized spacial score (nSPS) is 13.1. The van der Waals surface area contributed by atoms with Crippen molar-refractivity contribution in [2.24, 2.45) is 0 Å². The SMILES string of the molecule is Cc1cccc(C)c1B1N(c2ccccc2)c2ccc(N3B(c4c(C)cccc4C)N(c4ccccc4)c4cccnc43)cc2N1c1cccc(-n2[c-][n+](-c3cccc4c5ccccc5n(-c5ccccc5)c34)c3ccccc32)c1. The van der Waals surface area contributed by atoms with Gasteiger partial charge >= 0.3 is 14.0 Å². The van der Waals surface area contributed by atoms with Crippen LogP contribution in [0.4, 0.5) is 45.6 Å². The first-order chi connectivity index (χ1) is 39.4. The van der Waals surface area contributed by atoms with Gasteiger partial charge < -0.3 is 23.8 Å². The lowest BCUT2D eigenvalue weighted by molar-refractivity contribution is -0.571. The molecule has 80 heavy (non-hydrogen) atoms. The Morgan fingerprint density at radius 3 is 1.57 bits per heavy atom. The highest BCUT2D eigenvalue weighted by Gasteiger charge is 2.49. The van der Waals surface area contributed by atoms with E-state index in [1.807, 2.05) is 6.20 Å². The molecule has 2 aliphatic rings. The summed E-state index contributed by atoms with van der Waals surface area (Å²) in [6.45, 7) is 8.50. The second kappa shape index (κ2) is 18.9. The third-order valence-electron chi connectivity index (χ3n) is 16.5. The number of aromatic nitrogens is 4. The number of anilines is 8. The molecule has 0 atom stereocenters. The van der Waals surface area contributed by atoms with E-state index in [0.29, 0.717) is 0 Å². The van der Waals surface area contributed by atoms with Gasteiger partial charge in [0, 0.05) is 45.4 Å². The fourth-order valence-electron chi connectivity index (χ4n) is 13.1. The number of para-hydroxylation sites is 7. The van der Waals surface area contributed by atoms with Gasteiger partial charge in [0.15, 0.2) is 0 Å². The maximum absolute atomic E-state index is 5.24. The monoisotopic (exact) mass is 1030 g/mol. The van der Waals surface area contributed by atoms with Crippen LogP contribution in [0.2, 0.25) is 0 Å². The Bertz CT molecular complexity index is 4500. The Morgan fingerprint density at radius 1 is 0.375 bits per heavy atom. The van der Waals surface area contributed by atoms with Crippen LogP contribution < -0.4 is 34.7 Å². The van der Waals surface area contributed by atoms with E-state index in [9.17, 15) is 0 Å². The molecule has 5 heterocycles. The van der Waals surface area contributed by atoms with Crippen molar-refractivity contribution in [1.82, 2.24) is 14.1 Å². The van der Waals surface area contributed by atoms with E-state index in [0.717, 1.165) is 84.8 Å². The minimum atomic E-state index is -0.258. The molecule has 10 aromatic carbocycles. The van der Waals surface area contributed by atoms with Crippen molar-refractivity contribution < 1.29 is 4.57 Å². The smallest absolute Gasteiger partial charge is 0.360 e. The first kappa shape index (κ1) is 47.2. The molecule has 0 unspecified atom stereocenters. The van der Waals surface area contributed by atoms with Gasteiger partial charge in [-0.3, -0.25) is 9.13 Å². The molecule has 10 heteroatoms. The van der Waals surface area contributed by atoms with E-state index >= 15 is 0 Å². The molecular weight excluding hydrogens is 974 g/mol. The van der Waals surface area contributed by atoms with E-state index in [-0.39, 0.29) is 14.0 Å². The number of rotatable bonds is 9. The topological polar surface area (TPSA) is 39.6 Å². The predicted octanol–water partition coefficient (Wildman–Crippen LogP) is 14.8. The van der Waals surface area contributed by atoms with Crippen LogP contribution in [-0.4, -0.2) is 28.1 Å². The number of fused-ring (bicyclic) bond motifs is 6. The number of benzene rings is 10. The molecule has 0 fully saturated rings. The van der Waals surface area contributed by atoms with Crippen LogP contribution in [0.15, 0.2) is 255 Å². The maximum Gasteiger partial charge on any atom is 0.422 e. The molecule has 0 spiro atoms. The van der Waals surface area contributed by atoms with Crippen molar-refractivity contribution in [3.63, 3.8) is 0 Å². The summed E-state index contributed by atoms with van der Waals surface area (Å²) >= 11 is 0. The Kier molecular flexibility index (Phi) is 11.1. The van der Waals surface area contributed by atoms with Gasteiger partial charge in [-0.15, -0.1) is 0 Å². The number of pyridine rings is 1. The molecule has 3 aromatic heterocycles. The second-order valence-corrected chi connectivity index (χ2v) is 21.2. The summed E-state index contributed by atoms with van der Waals surface area (Å²) in [5.41, 5.74) is 22.5. The van der Waals surface area contributed by atoms with Crippen molar-refractivity contribution in [1.29, 1.82) is 0 Å². The molecule has 0 N–H and O–H groups in total. The molecule has 2 aliphatic heterocycles. The molecule has 0 aliphatic carbocycles. The average Bonchev–Trinajstić information content (AvgIpc) is 4.43. The zero-order valence-corrected chi connectivity index (χ0v) is 45.0. The van der Waals surface area contributed by atoms with Crippen molar-refractivity contribution in [3.05, 3.63) is 283 Å². The van der Waals surface area contributed by atoms with Crippen LogP contribution in [0.1, 0.15) is 22.3 Å². The van der Waals surface area contributed by atoms with E-state index in [1.165, 1.54) is 44.0 Å². The Labute approximate surface area is 467 Å². The molecule has 15 rings (SSSR count). The zero-order valence-electron chi connectivity index (χ0n) is 45.0. The predicted molar refractivity (Wildman–Crippen MR) is 333 cm³/mol. The van der Waals surface area contributed by atoms with Crippen molar-refractivity contribution >= 4 is 103 Å². The number of nitrogens with zero attached hydrogens (tertiary/aromatic N) is 8. The van der Waals surface area contributed by atoms with Crippen LogP contribution in [0.5, 0.6) is 0 Å². The Hall–Kier alpha value is -10.1. The molecular formula is C70H54B2N8. The third-order valence-corrected chi connectivity index (χ3v) is 16.5. The van der Waals surface area contributed by atoms with Crippen molar-refractivity contribution in [3.8, 4) is 17.1 Å². The summed E-state index contributed by atoms with van der Waals surface area (Å²) in [5.74, 6) is 0.907. The number of hydrogen-bond acceptors (Lipinski definition) is 5. The lowest BCUT2D eigenvalue weighted by atomic mass is 9.61. The number of imidazole rings is 1. The molecule has 13 aromatic rings. The van der Waals surface area contributed by atoms with Crippen LogP contribution in [0.25, 0.3) is 49.9 Å². The molecule has 0 saturated carbocycles. The summed E-state index contributed by atoms with van der Waals surface area (Å²) in [7, 11) is 0. The summed E-state index contributed by atoms with van der Waals surface area (Å²) in [6.07, 6.45) is 5.87. The van der Waals surface area contributed by atoms with Crippen LogP contribution in [0, 0.1) is 34.0 Å². The number of aryl methyl sites for hydroxylation is 4. The summed E-state index contributed by atoms with van der Waals surface area (Å²) in [5, 5.41) is 2.40. The van der Waals surface area contributed by atoms with Gasteiger partial charge in [0.1, 0.15) is 5.82 Å². The van der Waals surface area contributed by atoms with Gasteiger partial charge in [0.05, 0.1) is 50.5 Å². The van der Waals surface area contributed by atoms with E-state index in [1.54, 1.807) is 0 Å². The molecule has 0 radical (unpaired) electrons. The van der Waals surface area contributed by atoms with Gasteiger partial charge in [0.2, 0.25) is 0 Å². The lowest BCUT2D eigenvalue weighted by Crippen LogP contribution is -2.55. The summed E-state index contributed by atoms with van der Waals surface area (Å²) < 4.78 is 6.90. The largest absolute Gasteiger partial charge is 0.422 e. The molecule has 0 saturated heterocycles. The van der Waals surface area contributed by atoms with Crippen LogP contribution in [-0.2, 0) is 0 Å². The standard InChI is InChI=1S/C70H54B2N8/c1-48-23-18-24-49(2)67(48)71-77(53-29-10-6-11-30-53)63-43-42-57(80-70-65(41-22-44-73-70)78(54-31-12-7-13-32-54)72(80)68-50(3)25-19-26-51(68)4)46-66(63)79(71)56-34-20-33-55(45-56)74-47-75(62-39-17-16-38-61(62)74)64-40-21-36-59-58-35-14-15-37-60(58)76(69(59)64)52-27-8-5-9-28-52/h5-46H,1-4H3. The molecule has 0 amide bonds. The van der Waals surface area contributed by atoms with Gasteiger partial charge in [0.25, 0.3) is 6.33 Å². The van der Waals surface area contributed by atoms with Crippen LogP contribution >= 0.6 is 0 Å². The van der Waals surface area contributed by atoms with E-state index < -0.39 is 0 Å². The fourth-order valence-corrected chi connectivity index (χ4v) is 13.1. The van der Waals surface area contributed by atoms with E-state index in [2.05, 4.69) is 316 Å². The third kappa shape index (κ3) is 7.32. The van der Waals surface area contributed by atoms with Gasteiger partial charge in [-0.2, -0.15) is 0 Å². The minimum Gasteiger partial charge on any atom is -0.360 e. The minimum absolute atomic E-state index is 0.233. The maximum atomic E-state index is 5.24. The highest BCUT2D eigenvalue weighted by Crippen LogP contribution is 2.52. The fraction of sp³-hybridized carbons (Fsp3) is 0.0571. The molecule has 0 bridgehead atoms.